The second kappa shape index (κ2) is 11.2. The van der Waals surface area contributed by atoms with E-state index in [1.165, 1.54) is 0 Å². The van der Waals surface area contributed by atoms with Crippen molar-refractivity contribution in [3.63, 3.8) is 0 Å². The number of hydrogen-bond donors (Lipinski definition) is 2. The minimum absolute atomic E-state index is 0.0327. The summed E-state index contributed by atoms with van der Waals surface area (Å²) in [6.45, 7) is 5.55. The van der Waals surface area contributed by atoms with Crippen LogP contribution in [0.3, 0.4) is 0 Å². The molecule has 1 rings (SSSR count). The lowest BCUT2D eigenvalue weighted by Gasteiger charge is -2.26. The SMILES string of the molecule is NCCCCCCC(=O)NOCCN1CCOCC1. The van der Waals surface area contributed by atoms with Gasteiger partial charge in [0.1, 0.15) is 0 Å². The molecule has 1 saturated heterocycles. The summed E-state index contributed by atoms with van der Waals surface area (Å²) in [5.41, 5.74) is 7.89. The van der Waals surface area contributed by atoms with Gasteiger partial charge in [-0.05, 0) is 19.4 Å². The van der Waals surface area contributed by atoms with E-state index in [1.54, 1.807) is 0 Å². The Morgan fingerprint density at radius 2 is 1.95 bits per heavy atom. The third-order valence-electron chi connectivity index (χ3n) is 3.16. The van der Waals surface area contributed by atoms with Crippen molar-refractivity contribution >= 4 is 5.91 Å². The lowest BCUT2D eigenvalue weighted by molar-refractivity contribution is -0.134. The van der Waals surface area contributed by atoms with E-state index in [9.17, 15) is 4.79 Å². The second-order valence-electron chi connectivity index (χ2n) is 4.78. The average molecular weight is 273 g/mol. The molecule has 0 bridgehead atoms. The molecule has 112 valence electrons. The first-order valence-electron chi connectivity index (χ1n) is 7.23. The average Bonchev–Trinajstić information content (AvgIpc) is 2.44. The molecular formula is C13H27N3O3. The summed E-state index contributed by atoms with van der Waals surface area (Å²) in [6, 6.07) is 0. The fourth-order valence-electron chi connectivity index (χ4n) is 1.97. The molecule has 1 heterocycles. The number of amides is 1. The minimum Gasteiger partial charge on any atom is -0.379 e. The van der Waals surface area contributed by atoms with Crippen molar-refractivity contribution in [2.75, 3.05) is 46.0 Å². The number of ether oxygens (including phenoxy) is 1. The van der Waals surface area contributed by atoms with E-state index in [4.69, 9.17) is 15.3 Å². The number of hydroxylamine groups is 1. The molecule has 0 radical (unpaired) electrons. The molecule has 1 amide bonds. The Balaban J connectivity index is 1.86. The summed E-state index contributed by atoms with van der Waals surface area (Å²) >= 11 is 0. The van der Waals surface area contributed by atoms with Crippen LogP contribution >= 0.6 is 0 Å². The van der Waals surface area contributed by atoms with E-state index < -0.39 is 0 Å². The molecule has 6 heteroatoms. The van der Waals surface area contributed by atoms with Crippen LogP contribution in [0.4, 0.5) is 0 Å². The Morgan fingerprint density at radius 1 is 1.21 bits per heavy atom. The monoisotopic (exact) mass is 273 g/mol. The van der Waals surface area contributed by atoms with Gasteiger partial charge in [0.05, 0.1) is 19.8 Å². The van der Waals surface area contributed by atoms with E-state index >= 15 is 0 Å². The molecule has 3 N–H and O–H groups in total. The molecule has 0 aromatic rings. The van der Waals surface area contributed by atoms with Crippen LogP contribution < -0.4 is 11.2 Å². The number of unbranched alkanes of at least 4 members (excludes halogenated alkanes) is 3. The molecule has 6 nitrogen and oxygen atoms in total. The van der Waals surface area contributed by atoms with Gasteiger partial charge in [0, 0.05) is 26.1 Å². The van der Waals surface area contributed by atoms with Crippen LogP contribution in [0.1, 0.15) is 32.1 Å². The zero-order valence-electron chi connectivity index (χ0n) is 11.7. The summed E-state index contributed by atoms with van der Waals surface area (Å²) in [4.78, 5) is 18.9. The van der Waals surface area contributed by atoms with Gasteiger partial charge in [-0.2, -0.15) is 0 Å². The number of rotatable bonds is 10. The quantitative estimate of drug-likeness (QED) is 0.441. The number of nitrogens with two attached hydrogens (primary N) is 1. The topological polar surface area (TPSA) is 76.8 Å². The number of nitrogens with zero attached hydrogens (tertiary/aromatic N) is 1. The molecule has 0 aliphatic carbocycles. The van der Waals surface area contributed by atoms with Gasteiger partial charge in [-0.3, -0.25) is 14.5 Å². The number of morpholine rings is 1. The largest absolute Gasteiger partial charge is 0.379 e. The van der Waals surface area contributed by atoms with Gasteiger partial charge >= 0.3 is 0 Å². The second-order valence-corrected chi connectivity index (χ2v) is 4.78. The number of nitrogens with one attached hydrogen (secondary N) is 1. The van der Waals surface area contributed by atoms with Crippen LogP contribution in [-0.4, -0.2) is 56.8 Å². The van der Waals surface area contributed by atoms with Gasteiger partial charge in [-0.1, -0.05) is 12.8 Å². The fourth-order valence-corrected chi connectivity index (χ4v) is 1.97. The van der Waals surface area contributed by atoms with E-state index in [0.29, 0.717) is 13.0 Å². The third kappa shape index (κ3) is 8.93. The molecule has 0 saturated carbocycles. The molecule has 0 spiro atoms. The van der Waals surface area contributed by atoms with Crippen LogP contribution in [-0.2, 0) is 14.4 Å². The molecule has 1 aliphatic heterocycles. The van der Waals surface area contributed by atoms with E-state index in [2.05, 4.69) is 10.4 Å². The van der Waals surface area contributed by atoms with Crippen molar-refractivity contribution < 1.29 is 14.4 Å². The predicted octanol–water partition coefficient (Wildman–Crippen LogP) is 0.276. The number of hydrogen-bond acceptors (Lipinski definition) is 5. The zero-order valence-corrected chi connectivity index (χ0v) is 11.7. The summed E-state index contributed by atoms with van der Waals surface area (Å²) < 4.78 is 5.26. The van der Waals surface area contributed by atoms with Crippen LogP contribution in [0.2, 0.25) is 0 Å². The number of carbonyl (C=O) groups is 1. The van der Waals surface area contributed by atoms with Gasteiger partial charge in [-0.15, -0.1) is 0 Å². The first kappa shape index (κ1) is 16.4. The van der Waals surface area contributed by atoms with E-state index in [1.807, 2.05) is 0 Å². The van der Waals surface area contributed by atoms with Crippen LogP contribution in [0.15, 0.2) is 0 Å². The van der Waals surface area contributed by atoms with Crippen molar-refractivity contribution in [3.05, 3.63) is 0 Å². The maximum absolute atomic E-state index is 11.4. The first-order chi connectivity index (χ1) is 9.33. The molecular weight excluding hydrogens is 246 g/mol. The molecule has 1 aliphatic rings. The smallest absolute Gasteiger partial charge is 0.243 e. The van der Waals surface area contributed by atoms with Crippen molar-refractivity contribution in [3.8, 4) is 0 Å². The molecule has 0 aromatic carbocycles. The lowest BCUT2D eigenvalue weighted by atomic mass is 10.1. The van der Waals surface area contributed by atoms with E-state index in [-0.39, 0.29) is 5.91 Å². The van der Waals surface area contributed by atoms with Crippen molar-refractivity contribution in [2.45, 2.75) is 32.1 Å². The van der Waals surface area contributed by atoms with Crippen LogP contribution in [0, 0.1) is 0 Å². The predicted molar refractivity (Wildman–Crippen MR) is 73.5 cm³/mol. The maximum atomic E-state index is 11.4. The van der Waals surface area contributed by atoms with Gasteiger partial charge in [-0.25, -0.2) is 5.48 Å². The highest BCUT2D eigenvalue weighted by molar-refractivity contribution is 5.74. The summed E-state index contributed by atoms with van der Waals surface area (Å²) in [6.07, 6.45) is 4.62. The minimum atomic E-state index is -0.0327. The highest BCUT2D eigenvalue weighted by Crippen LogP contribution is 2.02. The highest BCUT2D eigenvalue weighted by atomic mass is 16.7. The normalized spacial score (nSPS) is 16.5. The standard InChI is InChI=1S/C13H27N3O3/c14-6-4-2-1-3-5-13(17)15-19-12-9-16-7-10-18-11-8-16/h1-12,14H2,(H,15,17). The van der Waals surface area contributed by atoms with Gasteiger partial charge < -0.3 is 10.5 Å². The molecule has 0 unspecified atom stereocenters. The molecule has 19 heavy (non-hydrogen) atoms. The van der Waals surface area contributed by atoms with Gasteiger partial charge in [0.25, 0.3) is 0 Å². The van der Waals surface area contributed by atoms with Crippen molar-refractivity contribution in [2.24, 2.45) is 5.73 Å². The van der Waals surface area contributed by atoms with Crippen LogP contribution in [0.25, 0.3) is 0 Å². The lowest BCUT2D eigenvalue weighted by Crippen LogP contribution is -2.39. The Kier molecular flexibility index (Phi) is 9.61. The maximum Gasteiger partial charge on any atom is 0.243 e. The fraction of sp³-hybridized carbons (Fsp3) is 0.923. The number of carbonyl (C=O) groups excluding carboxylic acids is 1. The van der Waals surface area contributed by atoms with Crippen molar-refractivity contribution in [1.29, 1.82) is 0 Å². The molecule has 0 aromatic heterocycles. The summed E-state index contributed by atoms with van der Waals surface area (Å²) in [5.74, 6) is -0.0327. The highest BCUT2D eigenvalue weighted by Gasteiger charge is 2.09. The van der Waals surface area contributed by atoms with E-state index in [0.717, 1.165) is 65.1 Å². The Bertz CT molecular complexity index is 233. The zero-order chi connectivity index (χ0) is 13.8. The summed E-state index contributed by atoms with van der Waals surface area (Å²) in [5, 5.41) is 0. The first-order valence-corrected chi connectivity index (χ1v) is 7.23. The van der Waals surface area contributed by atoms with Crippen LogP contribution in [0.5, 0.6) is 0 Å². The Morgan fingerprint density at radius 3 is 2.68 bits per heavy atom. The summed E-state index contributed by atoms with van der Waals surface area (Å²) in [7, 11) is 0. The van der Waals surface area contributed by atoms with Crippen molar-refractivity contribution in [1.82, 2.24) is 10.4 Å². The third-order valence-corrected chi connectivity index (χ3v) is 3.16. The molecule has 0 atom stereocenters. The Hall–Kier alpha value is -0.690. The van der Waals surface area contributed by atoms with Gasteiger partial charge in [0.15, 0.2) is 0 Å². The Labute approximate surface area is 115 Å². The molecule has 1 fully saturated rings. The van der Waals surface area contributed by atoms with Gasteiger partial charge in [0.2, 0.25) is 5.91 Å².